The van der Waals surface area contributed by atoms with Gasteiger partial charge in [-0.25, -0.2) is 9.97 Å². The maximum absolute atomic E-state index is 12.5. The normalized spacial score (nSPS) is 12.3. The van der Waals surface area contributed by atoms with Crippen LogP contribution in [0.4, 0.5) is 0 Å². The summed E-state index contributed by atoms with van der Waals surface area (Å²) < 4.78 is 0. The maximum Gasteiger partial charge on any atom is 0.252 e. The van der Waals surface area contributed by atoms with E-state index in [0.717, 1.165) is 22.8 Å². The second kappa shape index (κ2) is 8.10. The standard InChI is InChI=1S/C18H19NO2.C4H4N2/c1-18(2,11-20)19-17(21)15-10-9-13-6-3-5-12-7-4-8-14(15)16(12)13;1-2-5-4-6-3-1/h3-6,8-10,20H,7,11H2,1-2H3,(H,19,21);1-4H. The summed E-state index contributed by atoms with van der Waals surface area (Å²) in [7, 11) is 0. The molecule has 1 amide bonds. The van der Waals surface area contributed by atoms with E-state index >= 15 is 0 Å². The second-order valence-corrected chi connectivity index (χ2v) is 7.05. The van der Waals surface area contributed by atoms with Crippen LogP contribution in [-0.4, -0.2) is 33.1 Å². The Hall–Kier alpha value is -3.05. The molecule has 0 unspecified atom stereocenters. The third kappa shape index (κ3) is 4.38. The number of hydrogen-bond acceptors (Lipinski definition) is 4. The molecule has 0 saturated carbocycles. The van der Waals surface area contributed by atoms with Crippen LogP contribution in [0.3, 0.4) is 0 Å². The first-order chi connectivity index (χ1) is 13.0. The van der Waals surface area contributed by atoms with Gasteiger partial charge in [-0.1, -0.05) is 36.4 Å². The van der Waals surface area contributed by atoms with Crippen LogP contribution in [0.15, 0.2) is 61.2 Å². The van der Waals surface area contributed by atoms with E-state index in [-0.39, 0.29) is 12.5 Å². The van der Waals surface area contributed by atoms with Gasteiger partial charge in [0.25, 0.3) is 5.91 Å². The highest BCUT2D eigenvalue weighted by Crippen LogP contribution is 2.31. The zero-order valence-corrected chi connectivity index (χ0v) is 15.5. The predicted molar refractivity (Wildman–Crippen MR) is 107 cm³/mol. The van der Waals surface area contributed by atoms with Crippen molar-refractivity contribution in [3.63, 3.8) is 0 Å². The Morgan fingerprint density at radius 2 is 1.93 bits per heavy atom. The largest absolute Gasteiger partial charge is 0.394 e. The summed E-state index contributed by atoms with van der Waals surface area (Å²) in [4.78, 5) is 19.9. The molecule has 27 heavy (non-hydrogen) atoms. The molecule has 1 aliphatic rings. The molecule has 0 atom stereocenters. The van der Waals surface area contributed by atoms with Gasteiger partial charge in [0.1, 0.15) is 6.33 Å². The van der Waals surface area contributed by atoms with E-state index in [0.29, 0.717) is 5.56 Å². The summed E-state index contributed by atoms with van der Waals surface area (Å²) in [5, 5.41) is 14.5. The number of allylic oxidation sites excluding steroid dienone is 1. The van der Waals surface area contributed by atoms with Crippen LogP contribution in [0.25, 0.3) is 16.8 Å². The van der Waals surface area contributed by atoms with Crippen LogP contribution >= 0.6 is 0 Å². The first-order valence-corrected chi connectivity index (χ1v) is 8.86. The van der Waals surface area contributed by atoms with Crippen molar-refractivity contribution in [1.82, 2.24) is 15.3 Å². The molecule has 0 fully saturated rings. The maximum atomic E-state index is 12.5. The fraction of sp³-hybridized carbons (Fsp3) is 0.227. The van der Waals surface area contributed by atoms with Gasteiger partial charge in [-0.05, 0) is 54.3 Å². The zero-order chi connectivity index (χ0) is 19.3. The summed E-state index contributed by atoms with van der Waals surface area (Å²) in [5.41, 5.74) is 2.26. The number of aliphatic hydroxyl groups is 1. The van der Waals surface area contributed by atoms with E-state index in [2.05, 4.69) is 39.6 Å². The number of carbonyl (C=O) groups excluding carboxylic acids is 1. The minimum Gasteiger partial charge on any atom is -0.394 e. The molecule has 0 spiro atoms. The van der Waals surface area contributed by atoms with Gasteiger partial charge >= 0.3 is 0 Å². The monoisotopic (exact) mass is 361 g/mol. The van der Waals surface area contributed by atoms with E-state index < -0.39 is 5.54 Å². The molecule has 1 heterocycles. The first-order valence-electron chi connectivity index (χ1n) is 8.86. The molecule has 3 aromatic rings. The van der Waals surface area contributed by atoms with E-state index in [4.69, 9.17) is 0 Å². The van der Waals surface area contributed by atoms with Crippen LogP contribution in [0, 0.1) is 0 Å². The van der Waals surface area contributed by atoms with Crippen molar-refractivity contribution in [1.29, 1.82) is 0 Å². The molecule has 1 aliphatic carbocycles. The van der Waals surface area contributed by atoms with Crippen LogP contribution in [0.2, 0.25) is 0 Å². The van der Waals surface area contributed by atoms with Gasteiger partial charge in [-0.15, -0.1) is 0 Å². The highest BCUT2D eigenvalue weighted by Gasteiger charge is 2.23. The average Bonchev–Trinajstić information content (AvgIpc) is 2.70. The van der Waals surface area contributed by atoms with Gasteiger partial charge in [-0.2, -0.15) is 0 Å². The van der Waals surface area contributed by atoms with E-state index in [1.54, 1.807) is 32.3 Å². The van der Waals surface area contributed by atoms with Crippen molar-refractivity contribution in [3.8, 4) is 0 Å². The molecule has 4 rings (SSSR count). The lowest BCUT2D eigenvalue weighted by molar-refractivity contribution is 0.0869. The highest BCUT2D eigenvalue weighted by molar-refractivity contribution is 6.06. The number of nitrogens with one attached hydrogen (secondary N) is 1. The predicted octanol–water partition coefficient (Wildman–Crippen LogP) is 3.39. The fourth-order valence-corrected chi connectivity index (χ4v) is 3.00. The van der Waals surface area contributed by atoms with Gasteiger partial charge in [-0.3, -0.25) is 4.79 Å². The van der Waals surface area contributed by atoms with Crippen LogP contribution in [0.1, 0.15) is 35.3 Å². The number of rotatable bonds is 3. The van der Waals surface area contributed by atoms with Gasteiger partial charge in [0.2, 0.25) is 0 Å². The molecule has 2 aromatic carbocycles. The lowest BCUT2D eigenvalue weighted by Crippen LogP contribution is -2.46. The molecule has 138 valence electrons. The Balaban J connectivity index is 0.000000299. The summed E-state index contributed by atoms with van der Waals surface area (Å²) in [5.74, 6) is -0.146. The van der Waals surface area contributed by atoms with Crippen molar-refractivity contribution in [2.24, 2.45) is 0 Å². The third-order valence-electron chi connectivity index (χ3n) is 4.36. The Bertz CT molecular complexity index is 939. The quantitative estimate of drug-likeness (QED) is 0.750. The fourth-order valence-electron chi connectivity index (χ4n) is 3.00. The number of aliphatic hydroxyl groups excluding tert-OH is 1. The zero-order valence-electron chi connectivity index (χ0n) is 15.5. The molecule has 5 nitrogen and oxygen atoms in total. The highest BCUT2D eigenvalue weighted by atomic mass is 16.3. The lowest BCUT2D eigenvalue weighted by atomic mass is 9.89. The molecule has 0 aliphatic heterocycles. The molecule has 5 heteroatoms. The SMILES string of the molecule is CC(C)(CO)NC(=O)c1ccc2cccc3c2c1C=CC3.c1cncnc1. The van der Waals surface area contributed by atoms with Gasteiger partial charge in [0, 0.05) is 18.0 Å². The number of nitrogens with zero attached hydrogens (tertiary/aromatic N) is 2. The minimum absolute atomic E-state index is 0.0945. The first kappa shape index (κ1) is 18.7. The lowest BCUT2D eigenvalue weighted by Gasteiger charge is -2.24. The van der Waals surface area contributed by atoms with Crippen LogP contribution in [-0.2, 0) is 6.42 Å². The van der Waals surface area contributed by atoms with Crippen molar-refractivity contribution in [2.75, 3.05) is 6.61 Å². The number of hydrogen-bond donors (Lipinski definition) is 2. The second-order valence-electron chi connectivity index (χ2n) is 7.05. The molecule has 0 bridgehead atoms. The molecule has 0 radical (unpaired) electrons. The summed E-state index contributed by atoms with van der Waals surface area (Å²) >= 11 is 0. The van der Waals surface area contributed by atoms with E-state index in [1.165, 1.54) is 11.9 Å². The smallest absolute Gasteiger partial charge is 0.252 e. The van der Waals surface area contributed by atoms with Gasteiger partial charge in [0.15, 0.2) is 0 Å². The number of carbonyl (C=O) groups is 1. The van der Waals surface area contributed by atoms with Gasteiger partial charge in [0.05, 0.1) is 12.1 Å². The molecule has 0 saturated heterocycles. The van der Waals surface area contributed by atoms with E-state index in [1.807, 2.05) is 18.2 Å². The topological polar surface area (TPSA) is 75.1 Å². The summed E-state index contributed by atoms with van der Waals surface area (Å²) in [6.45, 7) is 3.51. The Morgan fingerprint density at radius 3 is 2.56 bits per heavy atom. The third-order valence-corrected chi connectivity index (χ3v) is 4.36. The van der Waals surface area contributed by atoms with Crippen molar-refractivity contribution in [3.05, 3.63) is 77.9 Å². The average molecular weight is 361 g/mol. The number of aromatic nitrogens is 2. The van der Waals surface area contributed by atoms with Crippen LogP contribution < -0.4 is 5.32 Å². The van der Waals surface area contributed by atoms with Gasteiger partial charge < -0.3 is 10.4 Å². The summed E-state index contributed by atoms with van der Waals surface area (Å²) in [6, 6.07) is 11.9. The van der Waals surface area contributed by atoms with Crippen LogP contribution in [0.5, 0.6) is 0 Å². The Morgan fingerprint density at radius 1 is 1.15 bits per heavy atom. The van der Waals surface area contributed by atoms with E-state index in [9.17, 15) is 9.90 Å². The van der Waals surface area contributed by atoms with Crippen molar-refractivity contribution < 1.29 is 9.90 Å². The summed E-state index contributed by atoms with van der Waals surface area (Å²) in [6.07, 6.45) is 9.89. The van der Waals surface area contributed by atoms with Crippen molar-refractivity contribution in [2.45, 2.75) is 25.8 Å². The number of amides is 1. The Kier molecular flexibility index (Phi) is 5.62. The molecular formula is C22H23N3O2. The molecule has 1 aromatic heterocycles. The Labute approximate surface area is 158 Å². The molecular weight excluding hydrogens is 338 g/mol. The molecule has 2 N–H and O–H groups in total. The minimum atomic E-state index is -0.628. The number of benzene rings is 2. The van der Waals surface area contributed by atoms with Crippen molar-refractivity contribution >= 4 is 22.8 Å².